The van der Waals surface area contributed by atoms with Crippen LogP contribution in [-0.2, 0) is 10.0 Å². The Morgan fingerprint density at radius 2 is 1.80 bits per heavy atom. The van der Waals surface area contributed by atoms with Gasteiger partial charge in [0.2, 0.25) is 10.0 Å². The Bertz CT molecular complexity index is 550. The van der Waals surface area contributed by atoms with Crippen LogP contribution in [0.2, 0.25) is 0 Å². The first-order valence-corrected chi connectivity index (χ1v) is 9.15. The molecule has 5 heteroatoms. The smallest absolute Gasteiger partial charge is 0.211 e. The van der Waals surface area contributed by atoms with E-state index in [4.69, 9.17) is 0 Å². The minimum absolute atomic E-state index is 0.465. The molecule has 4 nitrogen and oxygen atoms in total. The summed E-state index contributed by atoms with van der Waals surface area (Å²) in [5.74, 6) is 0.643. The Hall–Kier alpha value is -0.910. The minimum Gasteiger partial charge on any atom is -0.310 e. The third-order valence-corrected chi connectivity index (χ3v) is 5.69. The number of hydrogen-bond donors (Lipinski definition) is 1. The summed E-state index contributed by atoms with van der Waals surface area (Å²) in [6, 6.07) is 11.7. The second-order valence-corrected chi connectivity index (χ2v) is 7.94. The molecule has 1 aromatic rings. The molecule has 2 fully saturated rings. The van der Waals surface area contributed by atoms with Gasteiger partial charge in [-0.1, -0.05) is 30.3 Å². The highest BCUT2D eigenvalue weighted by Crippen LogP contribution is 2.41. The maximum absolute atomic E-state index is 11.5. The summed E-state index contributed by atoms with van der Waals surface area (Å²) < 4.78 is 24.5. The lowest BCUT2D eigenvalue weighted by Crippen LogP contribution is -2.45. The largest absolute Gasteiger partial charge is 0.310 e. The highest BCUT2D eigenvalue weighted by molar-refractivity contribution is 7.88. The predicted molar refractivity (Wildman–Crippen MR) is 80.2 cm³/mol. The Kier molecular flexibility index (Phi) is 3.84. The van der Waals surface area contributed by atoms with E-state index in [2.05, 4.69) is 35.6 Å². The van der Waals surface area contributed by atoms with Crippen LogP contribution in [0, 0.1) is 0 Å². The highest BCUT2D eigenvalue weighted by atomic mass is 32.2. The van der Waals surface area contributed by atoms with Crippen molar-refractivity contribution in [1.29, 1.82) is 0 Å². The van der Waals surface area contributed by atoms with Crippen molar-refractivity contribution in [2.75, 3.05) is 19.3 Å². The van der Waals surface area contributed by atoms with Crippen molar-refractivity contribution in [3.63, 3.8) is 0 Å². The molecule has 110 valence electrons. The van der Waals surface area contributed by atoms with Crippen molar-refractivity contribution in [2.45, 2.75) is 37.3 Å². The summed E-state index contributed by atoms with van der Waals surface area (Å²) in [7, 11) is -3.01. The quantitative estimate of drug-likeness (QED) is 0.917. The Balaban J connectivity index is 1.48. The van der Waals surface area contributed by atoms with Crippen molar-refractivity contribution in [1.82, 2.24) is 9.62 Å². The van der Waals surface area contributed by atoms with E-state index in [0.29, 0.717) is 31.1 Å². The maximum Gasteiger partial charge on any atom is 0.211 e. The number of hydrogen-bond acceptors (Lipinski definition) is 3. The molecule has 1 saturated heterocycles. The van der Waals surface area contributed by atoms with Gasteiger partial charge in [-0.2, -0.15) is 0 Å². The summed E-state index contributed by atoms with van der Waals surface area (Å²) >= 11 is 0. The van der Waals surface area contributed by atoms with E-state index in [1.807, 2.05) is 0 Å². The van der Waals surface area contributed by atoms with Crippen molar-refractivity contribution < 1.29 is 8.42 Å². The van der Waals surface area contributed by atoms with Gasteiger partial charge >= 0.3 is 0 Å². The molecule has 1 aliphatic heterocycles. The first-order chi connectivity index (χ1) is 9.54. The number of nitrogens with one attached hydrogen (secondary N) is 1. The van der Waals surface area contributed by atoms with E-state index in [1.54, 1.807) is 4.31 Å². The van der Waals surface area contributed by atoms with Gasteiger partial charge in [0.25, 0.3) is 0 Å². The summed E-state index contributed by atoms with van der Waals surface area (Å²) in [5.41, 5.74) is 1.42. The van der Waals surface area contributed by atoms with Crippen LogP contribution < -0.4 is 5.32 Å². The Morgan fingerprint density at radius 1 is 1.15 bits per heavy atom. The average molecular weight is 294 g/mol. The number of rotatable bonds is 4. The van der Waals surface area contributed by atoms with Gasteiger partial charge < -0.3 is 5.32 Å². The van der Waals surface area contributed by atoms with Crippen LogP contribution in [0.15, 0.2) is 30.3 Å². The normalized spacial score (nSPS) is 28.4. The van der Waals surface area contributed by atoms with E-state index in [9.17, 15) is 8.42 Å². The predicted octanol–water partition coefficient (Wildman–Crippen LogP) is 1.56. The van der Waals surface area contributed by atoms with Gasteiger partial charge in [-0.3, -0.25) is 0 Å². The zero-order chi connectivity index (χ0) is 14.2. The lowest BCUT2D eigenvalue weighted by molar-refractivity contribution is 0.289. The topological polar surface area (TPSA) is 49.4 Å². The van der Waals surface area contributed by atoms with Crippen LogP contribution in [0.25, 0.3) is 0 Å². The molecule has 0 aromatic heterocycles. The molecule has 20 heavy (non-hydrogen) atoms. The molecule has 1 N–H and O–H groups in total. The summed E-state index contributed by atoms with van der Waals surface area (Å²) in [6.45, 7) is 1.30. The van der Waals surface area contributed by atoms with Crippen LogP contribution >= 0.6 is 0 Å². The molecule has 3 rings (SSSR count). The van der Waals surface area contributed by atoms with E-state index in [1.165, 1.54) is 18.2 Å². The number of sulfonamides is 1. The van der Waals surface area contributed by atoms with E-state index < -0.39 is 10.0 Å². The molecule has 0 bridgehead atoms. The van der Waals surface area contributed by atoms with Crippen LogP contribution in [0.5, 0.6) is 0 Å². The van der Waals surface area contributed by atoms with Crippen LogP contribution in [0.1, 0.15) is 30.7 Å². The molecule has 1 aliphatic carbocycles. The standard InChI is InChI=1S/C15H22N2O2S/c1-20(18,19)17-9-7-13(8-10-17)16-15-11-14(15)12-5-3-2-4-6-12/h2-6,13-16H,7-11H2,1H3. The summed E-state index contributed by atoms with van der Waals surface area (Å²) in [5, 5.41) is 3.69. The van der Waals surface area contributed by atoms with Crippen molar-refractivity contribution in [3.8, 4) is 0 Å². The fraction of sp³-hybridized carbons (Fsp3) is 0.600. The molecule has 2 unspecified atom stereocenters. The molecule has 0 amide bonds. The summed E-state index contributed by atoms with van der Waals surface area (Å²) in [6.07, 6.45) is 4.35. The third kappa shape index (κ3) is 3.22. The molecule has 1 aromatic carbocycles. The molecular formula is C15H22N2O2S. The molecule has 2 atom stereocenters. The maximum atomic E-state index is 11.5. The van der Waals surface area contributed by atoms with Crippen molar-refractivity contribution >= 4 is 10.0 Å². The molecule has 2 aliphatic rings. The van der Waals surface area contributed by atoms with Crippen LogP contribution in [-0.4, -0.2) is 44.2 Å². The molecule has 1 saturated carbocycles. The number of benzene rings is 1. The molecule has 0 spiro atoms. The van der Waals surface area contributed by atoms with E-state index >= 15 is 0 Å². The Labute approximate surface area is 121 Å². The fourth-order valence-corrected chi connectivity index (χ4v) is 3.98. The molecule has 1 heterocycles. The van der Waals surface area contributed by atoms with Crippen LogP contribution in [0.3, 0.4) is 0 Å². The summed E-state index contributed by atoms with van der Waals surface area (Å²) in [4.78, 5) is 0. The van der Waals surface area contributed by atoms with E-state index in [-0.39, 0.29) is 0 Å². The second kappa shape index (κ2) is 5.47. The Morgan fingerprint density at radius 3 is 2.40 bits per heavy atom. The molecular weight excluding hydrogens is 272 g/mol. The van der Waals surface area contributed by atoms with Crippen LogP contribution in [0.4, 0.5) is 0 Å². The molecule has 0 radical (unpaired) electrons. The monoisotopic (exact) mass is 294 g/mol. The van der Waals surface area contributed by atoms with Crippen molar-refractivity contribution in [3.05, 3.63) is 35.9 Å². The SMILES string of the molecule is CS(=O)(=O)N1CCC(NC2CC2c2ccccc2)CC1. The first-order valence-electron chi connectivity index (χ1n) is 7.30. The van der Waals surface area contributed by atoms with Crippen molar-refractivity contribution in [2.24, 2.45) is 0 Å². The minimum atomic E-state index is -3.01. The van der Waals surface area contributed by atoms with Gasteiger partial charge in [0.05, 0.1) is 6.26 Å². The van der Waals surface area contributed by atoms with Gasteiger partial charge in [0, 0.05) is 31.1 Å². The average Bonchev–Trinajstić information content (AvgIpc) is 3.19. The number of nitrogens with zero attached hydrogens (tertiary/aromatic N) is 1. The van der Waals surface area contributed by atoms with E-state index in [0.717, 1.165) is 12.8 Å². The lowest BCUT2D eigenvalue weighted by Gasteiger charge is -2.31. The third-order valence-electron chi connectivity index (χ3n) is 4.39. The van der Waals surface area contributed by atoms with Gasteiger partial charge in [-0.15, -0.1) is 0 Å². The number of piperidine rings is 1. The second-order valence-electron chi connectivity index (χ2n) is 5.96. The van der Waals surface area contributed by atoms with Gasteiger partial charge in [-0.05, 0) is 24.8 Å². The highest BCUT2D eigenvalue weighted by Gasteiger charge is 2.40. The fourth-order valence-electron chi connectivity index (χ4n) is 3.10. The van der Waals surface area contributed by atoms with Gasteiger partial charge in [0.1, 0.15) is 0 Å². The zero-order valence-electron chi connectivity index (χ0n) is 11.8. The van der Waals surface area contributed by atoms with Gasteiger partial charge in [-0.25, -0.2) is 12.7 Å². The van der Waals surface area contributed by atoms with Gasteiger partial charge in [0.15, 0.2) is 0 Å². The lowest BCUT2D eigenvalue weighted by atomic mass is 10.1. The zero-order valence-corrected chi connectivity index (χ0v) is 12.6. The first kappa shape index (κ1) is 14.0.